The Labute approximate surface area is 53.5 Å². The van der Waals surface area contributed by atoms with Gasteiger partial charge in [-0.05, 0) is 6.42 Å². The summed E-state index contributed by atoms with van der Waals surface area (Å²) >= 11 is 5.07. The molecule has 0 fully saturated rings. The highest BCUT2D eigenvalue weighted by Gasteiger charge is 2.07. The molecule has 0 aromatic heterocycles. The van der Waals surface area contributed by atoms with Gasteiger partial charge in [-0.2, -0.15) is 0 Å². The van der Waals surface area contributed by atoms with Gasteiger partial charge in [0, 0.05) is 6.42 Å². The average molecular weight is 141 g/mol. The Hall–Kier alpha value is 0.180. The monoisotopic (exact) mass is 140 g/mol. The third-order valence-electron chi connectivity index (χ3n) is 0.893. The van der Waals surface area contributed by atoms with Gasteiger partial charge in [-0.15, -0.1) is 0 Å². The average Bonchev–Trinajstić information content (AvgIpc) is 1.65. The van der Waals surface area contributed by atoms with Crippen molar-refractivity contribution in [1.29, 1.82) is 0 Å². The minimum atomic E-state index is -1.02. The predicted octanol–water partition coefficient (Wildman–Crippen LogP) is 1.68. The first-order valence-electron chi connectivity index (χ1n) is 2.63. The molecule has 2 unspecified atom stereocenters. The maximum absolute atomic E-state index is 12.1. The van der Waals surface area contributed by atoms with Crippen LogP contribution in [0.5, 0.6) is 0 Å². The van der Waals surface area contributed by atoms with Gasteiger partial charge in [0.2, 0.25) is 0 Å². The molecule has 8 heavy (non-hydrogen) atoms. The molecule has 0 radical (unpaired) electrons. The fraction of sp³-hybridized carbons (Fsp3) is 1.00. The van der Waals surface area contributed by atoms with Gasteiger partial charge in [0.25, 0.3) is 0 Å². The summed E-state index contributed by atoms with van der Waals surface area (Å²) in [6.07, 6.45) is -0.496. The summed E-state index contributed by atoms with van der Waals surface area (Å²) in [5.41, 5.74) is -1.02. The van der Waals surface area contributed by atoms with Crippen LogP contribution < -0.4 is 0 Å². The summed E-state index contributed by atoms with van der Waals surface area (Å²) in [6.45, 7) is 1.71. The number of rotatable bonds is 3. The summed E-state index contributed by atoms with van der Waals surface area (Å²) < 4.78 is 12.1. The Kier molecular flexibility index (Phi) is 4.19. The molecule has 0 saturated heterocycles. The van der Waals surface area contributed by atoms with Crippen molar-refractivity contribution in [2.45, 2.75) is 31.5 Å². The van der Waals surface area contributed by atoms with Gasteiger partial charge in [0.05, 0.1) is 0 Å². The van der Waals surface area contributed by atoms with Crippen LogP contribution in [0.25, 0.3) is 0 Å². The van der Waals surface area contributed by atoms with Crippen LogP contribution in [0.2, 0.25) is 0 Å². The zero-order valence-electron chi connectivity index (χ0n) is 4.77. The van der Waals surface area contributed by atoms with Crippen LogP contribution in [0, 0.1) is 0 Å². The van der Waals surface area contributed by atoms with Gasteiger partial charge in [0.15, 0.2) is 0 Å². The fourth-order valence-corrected chi connectivity index (χ4v) is 0.571. The number of hydrogen-bond donors (Lipinski definition) is 1. The van der Waals surface area contributed by atoms with E-state index in [1.54, 1.807) is 6.92 Å². The first-order valence-corrected chi connectivity index (χ1v) is 3.06. The van der Waals surface area contributed by atoms with Crippen molar-refractivity contribution in [2.75, 3.05) is 0 Å². The number of alkyl halides is 2. The van der Waals surface area contributed by atoms with Crippen molar-refractivity contribution in [3.8, 4) is 0 Å². The second-order valence-corrected chi connectivity index (χ2v) is 2.18. The van der Waals surface area contributed by atoms with E-state index in [-0.39, 0.29) is 6.42 Å². The van der Waals surface area contributed by atoms with Crippen LogP contribution in [-0.2, 0) is 0 Å². The van der Waals surface area contributed by atoms with Gasteiger partial charge in [-0.3, -0.25) is 0 Å². The van der Waals surface area contributed by atoms with E-state index in [1.807, 2.05) is 0 Å². The Morgan fingerprint density at radius 3 is 2.38 bits per heavy atom. The van der Waals surface area contributed by atoms with Gasteiger partial charge < -0.3 is 5.11 Å². The van der Waals surface area contributed by atoms with Crippen molar-refractivity contribution in [2.24, 2.45) is 0 Å². The number of halogens is 2. The zero-order chi connectivity index (χ0) is 6.57. The molecule has 50 valence electrons. The molecule has 0 amide bonds. The van der Waals surface area contributed by atoms with Gasteiger partial charge in [-0.25, -0.2) is 4.39 Å². The normalized spacial score (nSPS) is 18.0. The number of aliphatic hydroxyl groups is 1. The van der Waals surface area contributed by atoms with Crippen LogP contribution in [0.15, 0.2) is 0 Å². The Morgan fingerprint density at radius 2 is 2.25 bits per heavy atom. The van der Waals surface area contributed by atoms with Gasteiger partial charge >= 0.3 is 0 Å². The molecule has 0 heterocycles. The first kappa shape index (κ1) is 8.18. The molecule has 0 aliphatic heterocycles. The van der Waals surface area contributed by atoms with E-state index in [2.05, 4.69) is 0 Å². The quantitative estimate of drug-likeness (QED) is 0.592. The molecule has 1 nitrogen and oxygen atoms in total. The minimum Gasteiger partial charge on any atom is -0.378 e. The third-order valence-corrected chi connectivity index (χ3v) is 1.07. The lowest BCUT2D eigenvalue weighted by atomic mass is 10.2. The molecule has 3 heteroatoms. The van der Waals surface area contributed by atoms with Crippen molar-refractivity contribution in [1.82, 2.24) is 0 Å². The number of hydrogen-bond acceptors (Lipinski definition) is 1. The fourth-order valence-electron chi connectivity index (χ4n) is 0.378. The van der Waals surface area contributed by atoms with Crippen molar-refractivity contribution in [3.63, 3.8) is 0 Å². The van der Waals surface area contributed by atoms with Crippen LogP contribution in [0.1, 0.15) is 19.8 Å². The largest absolute Gasteiger partial charge is 0.378 e. The van der Waals surface area contributed by atoms with Crippen LogP contribution in [-0.4, -0.2) is 16.8 Å². The smallest absolute Gasteiger partial charge is 0.130 e. The summed E-state index contributed by atoms with van der Waals surface area (Å²) in [7, 11) is 0. The Bertz CT molecular complexity index is 58.4. The van der Waals surface area contributed by atoms with E-state index >= 15 is 0 Å². The topological polar surface area (TPSA) is 20.2 Å². The molecule has 0 aromatic carbocycles. The third kappa shape index (κ3) is 4.34. The van der Waals surface area contributed by atoms with E-state index in [4.69, 9.17) is 16.7 Å². The lowest BCUT2D eigenvalue weighted by Gasteiger charge is -2.03. The van der Waals surface area contributed by atoms with E-state index in [0.29, 0.717) is 6.42 Å². The molecular formula is C5H10ClFO. The highest BCUT2D eigenvalue weighted by atomic mass is 35.5. The van der Waals surface area contributed by atoms with E-state index in [0.717, 1.165) is 0 Å². The standard InChI is InChI=1S/C5H10ClFO/c1-2-4(7)3-5(6)8/h4-5,8H,2-3H2,1H3. The zero-order valence-corrected chi connectivity index (χ0v) is 5.53. The predicted molar refractivity (Wildman–Crippen MR) is 31.7 cm³/mol. The van der Waals surface area contributed by atoms with Crippen LogP contribution in [0.4, 0.5) is 4.39 Å². The molecule has 2 atom stereocenters. The Balaban J connectivity index is 3.10. The lowest BCUT2D eigenvalue weighted by Crippen LogP contribution is -2.06. The lowest BCUT2D eigenvalue weighted by molar-refractivity contribution is 0.186. The van der Waals surface area contributed by atoms with Gasteiger partial charge in [-0.1, -0.05) is 18.5 Å². The van der Waals surface area contributed by atoms with Crippen LogP contribution >= 0.6 is 11.6 Å². The molecule has 0 aliphatic rings. The van der Waals surface area contributed by atoms with Crippen molar-refractivity contribution in [3.05, 3.63) is 0 Å². The van der Waals surface area contributed by atoms with Crippen molar-refractivity contribution < 1.29 is 9.50 Å². The van der Waals surface area contributed by atoms with Gasteiger partial charge in [0.1, 0.15) is 11.7 Å². The maximum Gasteiger partial charge on any atom is 0.130 e. The molecule has 0 aliphatic carbocycles. The second-order valence-electron chi connectivity index (χ2n) is 1.68. The minimum absolute atomic E-state index is 0.0397. The molecule has 1 N–H and O–H groups in total. The summed E-state index contributed by atoms with van der Waals surface area (Å²) in [5.74, 6) is 0. The molecule has 0 rings (SSSR count). The number of aliphatic hydroxyl groups excluding tert-OH is 1. The highest BCUT2D eigenvalue weighted by molar-refractivity contribution is 6.19. The van der Waals surface area contributed by atoms with E-state index in [1.165, 1.54) is 0 Å². The van der Waals surface area contributed by atoms with E-state index in [9.17, 15) is 4.39 Å². The first-order chi connectivity index (χ1) is 3.66. The van der Waals surface area contributed by atoms with Crippen molar-refractivity contribution >= 4 is 11.6 Å². The molecule has 0 aromatic rings. The molecule has 0 bridgehead atoms. The molecule has 0 saturated carbocycles. The summed E-state index contributed by atoms with van der Waals surface area (Å²) in [6, 6.07) is 0. The summed E-state index contributed by atoms with van der Waals surface area (Å²) in [5, 5.41) is 8.38. The summed E-state index contributed by atoms with van der Waals surface area (Å²) in [4.78, 5) is 0. The maximum atomic E-state index is 12.1. The van der Waals surface area contributed by atoms with E-state index < -0.39 is 11.7 Å². The SMILES string of the molecule is CCC(F)CC(O)Cl. The molecular weight excluding hydrogens is 131 g/mol. The molecule has 0 spiro atoms. The Morgan fingerprint density at radius 1 is 1.75 bits per heavy atom. The van der Waals surface area contributed by atoms with Crippen LogP contribution in [0.3, 0.4) is 0 Å². The highest BCUT2D eigenvalue weighted by Crippen LogP contribution is 2.08. The second kappa shape index (κ2) is 4.10.